The van der Waals surface area contributed by atoms with Crippen molar-refractivity contribution in [3.05, 3.63) is 83.7 Å². The van der Waals surface area contributed by atoms with Gasteiger partial charge in [0, 0.05) is 48.6 Å². The number of nitrogens with two attached hydrogens (primary N) is 2. The summed E-state index contributed by atoms with van der Waals surface area (Å²) in [5, 5.41) is 14.1. The summed E-state index contributed by atoms with van der Waals surface area (Å²) in [6.07, 6.45) is 9.86. The summed E-state index contributed by atoms with van der Waals surface area (Å²) < 4.78 is 5.07. The van der Waals surface area contributed by atoms with Crippen molar-refractivity contribution in [2.75, 3.05) is 12.4 Å². The fourth-order valence-electron chi connectivity index (χ4n) is 3.13. The highest BCUT2D eigenvalue weighted by Crippen LogP contribution is 2.19. The van der Waals surface area contributed by atoms with E-state index in [4.69, 9.17) is 21.6 Å². The molecule has 34 heavy (non-hydrogen) atoms. The van der Waals surface area contributed by atoms with E-state index < -0.39 is 0 Å². The van der Waals surface area contributed by atoms with E-state index >= 15 is 0 Å². The molecular formula is C25H30N8O. The zero-order valence-electron chi connectivity index (χ0n) is 19.5. The van der Waals surface area contributed by atoms with Gasteiger partial charge in [-0.1, -0.05) is 19.9 Å². The van der Waals surface area contributed by atoms with Gasteiger partial charge in [-0.3, -0.25) is 4.98 Å². The van der Waals surface area contributed by atoms with Gasteiger partial charge in [-0.05, 0) is 47.5 Å². The highest BCUT2D eigenvalue weighted by molar-refractivity contribution is 6.08. The Bertz CT molecular complexity index is 1230. The Kier molecular flexibility index (Phi) is 8.17. The Balaban J connectivity index is 1.77. The van der Waals surface area contributed by atoms with Crippen molar-refractivity contribution >= 4 is 28.6 Å². The molecule has 0 unspecified atom stereocenters. The zero-order valence-corrected chi connectivity index (χ0v) is 19.5. The molecule has 0 bridgehead atoms. The van der Waals surface area contributed by atoms with Crippen LogP contribution in [0.5, 0.6) is 5.88 Å². The molecule has 3 heterocycles. The smallest absolute Gasteiger partial charge is 0.212 e. The van der Waals surface area contributed by atoms with Crippen LogP contribution in [0.25, 0.3) is 16.6 Å². The van der Waals surface area contributed by atoms with E-state index in [0.717, 1.165) is 22.2 Å². The van der Waals surface area contributed by atoms with Gasteiger partial charge in [-0.25, -0.2) is 9.97 Å². The van der Waals surface area contributed by atoms with Crippen LogP contribution in [0.15, 0.2) is 72.6 Å². The zero-order chi connectivity index (χ0) is 24.5. The van der Waals surface area contributed by atoms with Crippen molar-refractivity contribution < 1.29 is 4.74 Å². The minimum absolute atomic E-state index is 0.252. The molecule has 0 fully saturated rings. The number of methoxy groups -OCH3 is 1. The Hall–Kier alpha value is -4.40. The third-order valence-electron chi connectivity index (χ3n) is 5.05. The monoisotopic (exact) mass is 458 g/mol. The topological polar surface area (TPSA) is 148 Å². The number of aromatic nitrogens is 3. The number of nitrogens with one attached hydrogen (secondary N) is 3. The standard InChI is InChI=1S/C25H30N8O/c1-16(2)18(10-26)9-23(28)33-24-6-5-21-22(32-24)8-19(15-30-21)20(11-27)14-29-12-17-4-7-25(34-3)31-13-17/h4-11,13-16,27,29H,12,26,28H2,1-3H3,(H,32,33)/b18-10+,20-14+,23-9+,27-11?. The second-order valence-electron chi connectivity index (χ2n) is 7.84. The number of pyridine rings is 3. The Labute approximate surface area is 199 Å². The number of nitrogens with zero attached hydrogens (tertiary/aromatic N) is 3. The predicted octanol–water partition coefficient (Wildman–Crippen LogP) is 3.52. The van der Waals surface area contributed by atoms with E-state index in [2.05, 4.69) is 25.6 Å². The number of ether oxygens (including phenoxy) is 1. The summed E-state index contributed by atoms with van der Waals surface area (Å²) in [5.41, 5.74) is 16.6. The molecule has 0 aliphatic heterocycles. The molecule has 0 amide bonds. The molecule has 0 aliphatic carbocycles. The average Bonchev–Trinajstić information content (AvgIpc) is 2.85. The van der Waals surface area contributed by atoms with Crippen LogP contribution in [-0.4, -0.2) is 28.3 Å². The molecule has 9 nitrogen and oxygen atoms in total. The fraction of sp³-hybridized carbons (Fsp3) is 0.200. The van der Waals surface area contributed by atoms with E-state index in [-0.39, 0.29) is 5.92 Å². The number of anilines is 1. The van der Waals surface area contributed by atoms with Crippen molar-refractivity contribution in [2.24, 2.45) is 17.4 Å². The lowest BCUT2D eigenvalue weighted by Gasteiger charge is -2.10. The summed E-state index contributed by atoms with van der Waals surface area (Å²) in [4.78, 5) is 13.3. The van der Waals surface area contributed by atoms with Crippen LogP contribution in [0.4, 0.5) is 5.82 Å². The first-order valence-electron chi connectivity index (χ1n) is 10.8. The summed E-state index contributed by atoms with van der Waals surface area (Å²) >= 11 is 0. The summed E-state index contributed by atoms with van der Waals surface area (Å²) in [6, 6.07) is 9.31. The van der Waals surface area contributed by atoms with Gasteiger partial charge in [0.25, 0.3) is 0 Å². The van der Waals surface area contributed by atoms with Gasteiger partial charge in [0.1, 0.15) is 11.6 Å². The van der Waals surface area contributed by atoms with Crippen molar-refractivity contribution in [1.29, 1.82) is 5.41 Å². The van der Waals surface area contributed by atoms with Crippen LogP contribution < -0.4 is 26.8 Å². The van der Waals surface area contributed by atoms with E-state index in [1.807, 2.05) is 38.1 Å². The second-order valence-corrected chi connectivity index (χ2v) is 7.84. The van der Waals surface area contributed by atoms with Crippen LogP contribution >= 0.6 is 0 Å². The maximum Gasteiger partial charge on any atom is 0.212 e. The number of hydrogen-bond acceptors (Lipinski definition) is 9. The molecule has 3 aromatic rings. The number of fused-ring (bicyclic) bond motifs is 1. The Morgan fingerprint density at radius 3 is 2.62 bits per heavy atom. The van der Waals surface area contributed by atoms with Gasteiger partial charge >= 0.3 is 0 Å². The van der Waals surface area contributed by atoms with Gasteiger partial charge in [0.2, 0.25) is 5.88 Å². The first kappa shape index (κ1) is 24.2. The van der Waals surface area contributed by atoms with Crippen molar-refractivity contribution in [3.8, 4) is 5.88 Å². The fourth-order valence-corrected chi connectivity index (χ4v) is 3.13. The second kappa shape index (κ2) is 11.5. The normalized spacial score (nSPS) is 12.6. The Morgan fingerprint density at radius 1 is 1.15 bits per heavy atom. The molecular weight excluding hydrogens is 428 g/mol. The van der Waals surface area contributed by atoms with Gasteiger partial charge in [0.05, 0.1) is 18.1 Å². The molecule has 0 radical (unpaired) electrons. The lowest BCUT2D eigenvalue weighted by atomic mass is 10.0. The molecule has 0 saturated carbocycles. The van der Waals surface area contributed by atoms with Gasteiger partial charge < -0.3 is 32.2 Å². The molecule has 0 aliphatic rings. The molecule has 0 saturated heterocycles. The summed E-state index contributed by atoms with van der Waals surface area (Å²) in [7, 11) is 1.58. The van der Waals surface area contributed by atoms with Crippen LogP contribution in [-0.2, 0) is 6.54 Å². The van der Waals surface area contributed by atoms with Crippen molar-refractivity contribution in [3.63, 3.8) is 0 Å². The minimum Gasteiger partial charge on any atom is -0.481 e. The molecule has 3 aromatic heterocycles. The number of allylic oxidation sites excluding steroid dienone is 3. The van der Waals surface area contributed by atoms with E-state index in [1.165, 1.54) is 6.21 Å². The third-order valence-corrected chi connectivity index (χ3v) is 5.05. The Morgan fingerprint density at radius 2 is 1.97 bits per heavy atom. The van der Waals surface area contributed by atoms with E-state index in [0.29, 0.717) is 35.2 Å². The van der Waals surface area contributed by atoms with Crippen LogP contribution in [0.1, 0.15) is 25.0 Å². The van der Waals surface area contributed by atoms with Gasteiger partial charge in [0.15, 0.2) is 0 Å². The van der Waals surface area contributed by atoms with E-state index in [9.17, 15) is 0 Å². The SMILES string of the molecule is COc1ccc(CN/C=C(\C=N)c2cnc3ccc(N/C(N)=C/C(=C\N)C(C)C)nc3c2)cn1. The lowest BCUT2D eigenvalue weighted by Crippen LogP contribution is -2.12. The highest BCUT2D eigenvalue weighted by atomic mass is 16.5. The van der Waals surface area contributed by atoms with Crippen LogP contribution in [0.2, 0.25) is 0 Å². The number of rotatable bonds is 10. The van der Waals surface area contributed by atoms with Gasteiger partial charge in [-0.2, -0.15) is 0 Å². The molecule has 9 heteroatoms. The largest absolute Gasteiger partial charge is 0.481 e. The van der Waals surface area contributed by atoms with Crippen LogP contribution in [0.3, 0.4) is 0 Å². The highest BCUT2D eigenvalue weighted by Gasteiger charge is 2.06. The van der Waals surface area contributed by atoms with E-state index in [1.54, 1.807) is 44.0 Å². The quantitative estimate of drug-likeness (QED) is 0.229. The number of hydrogen-bond donors (Lipinski definition) is 5. The molecule has 176 valence electrons. The molecule has 3 rings (SSSR count). The predicted molar refractivity (Wildman–Crippen MR) is 137 cm³/mol. The van der Waals surface area contributed by atoms with Crippen LogP contribution in [0, 0.1) is 11.3 Å². The third kappa shape index (κ3) is 6.32. The first-order valence-corrected chi connectivity index (χ1v) is 10.8. The first-order chi connectivity index (χ1) is 16.4. The molecule has 0 atom stereocenters. The van der Waals surface area contributed by atoms with Gasteiger partial charge in [-0.15, -0.1) is 0 Å². The maximum atomic E-state index is 7.83. The average molecular weight is 459 g/mol. The minimum atomic E-state index is 0.252. The molecule has 0 spiro atoms. The summed E-state index contributed by atoms with van der Waals surface area (Å²) in [6.45, 7) is 4.64. The van der Waals surface area contributed by atoms with Crippen molar-refractivity contribution in [1.82, 2.24) is 20.3 Å². The lowest BCUT2D eigenvalue weighted by molar-refractivity contribution is 0.397. The molecule has 0 aromatic carbocycles. The van der Waals surface area contributed by atoms with Crippen molar-refractivity contribution in [2.45, 2.75) is 20.4 Å². The maximum absolute atomic E-state index is 7.83. The summed E-state index contributed by atoms with van der Waals surface area (Å²) in [5.74, 6) is 1.85. The molecule has 7 N–H and O–H groups in total.